The van der Waals surface area contributed by atoms with Crippen LogP contribution in [0.1, 0.15) is 16.8 Å². The van der Waals surface area contributed by atoms with Crippen LogP contribution in [0, 0.1) is 13.8 Å². The molecule has 3 nitrogen and oxygen atoms in total. The van der Waals surface area contributed by atoms with E-state index in [4.69, 9.17) is 4.74 Å². The predicted octanol–water partition coefficient (Wildman–Crippen LogP) is 5.26. The number of carbonyl (C=O) groups is 1. The summed E-state index contributed by atoms with van der Waals surface area (Å²) in [6.45, 7) is 4.34. The first-order chi connectivity index (χ1) is 12.1. The molecule has 0 saturated carbocycles. The van der Waals surface area contributed by atoms with Gasteiger partial charge in [0.05, 0.1) is 11.4 Å². The van der Waals surface area contributed by atoms with E-state index >= 15 is 0 Å². The number of aromatic nitrogens is 1. The number of benzene rings is 2. The first kappa shape index (κ1) is 17.7. The van der Waals surface area contributed by atoms with Crippen LogP contribution in [0.5, 0.6) is 0 Å². The first-order valence-electron chi connectivity index (χ1n) is 7.97. The molecule has 1 heterocycles. The van der Waals surface area contributed by atoms with Crippen molar-refractivity contribution in [2.45, 2.75) is 25.3 Å². The van der Waals surface area contributed by atoms with Crippen LogP contribution in [0.2, 0.25) is 0 Å². The molecular weight excluding hydrogens is 350 g/mol. The Kier molecular flexibility index (Phi) is 5.89. The quantitative estimate of drug-likeness (QED) is 0.439. The summed E-state index contributed by atoms with van der Waals surface area (Å²) in [5.41, 5.74) is 4.27. The van der Waals surface area contributed by atoms with E-state index in [2.05, 4.69) is 37.0 Å². The molecule has 0 radical (unpaired) electrons. The van der Waals surface area contributed by atoms with Crippen molar-refractivity contribution in [3.63, 3.8) is 0 Å². The lowest BCUT2D eigenvalue weighted by Gasteiger charge is -2.06. The minimum absolute atomic E-state index is 0.218. The van der Waals surface area contributed by atoms with E-state index in [-0.39, 0.29) is 12.6 Å². The number of nitrogens with zero attached hydrogens (tertiary/aromatic N) is 1. The third kappa shape index (κ3) is 4.94. The predicted molar refractivity (Wildman–Crippen MR) is 104 cm³/mol. The molecule has 3 rings (SSSR count). The van der Waals surface area contributed by atoms with Crippen molar-refractivity contribution in [1.29, 1.82) is 0 Å². The van der Waals surface area contributed by atoms with Crippen LogP contribution in [-0.2, 0) is 16.1 Å². The Morgan fingerprint density at radius 2 is 1.96 bits per heavy atom. The molecule has 0 N–H and O–H groups in total. The molecule has 2 aromatic carbocycles. The number of carbonyl (C=O) groups excluding carboxylic acids is 1. The third-order valence-electron chi connectivity index (χ3n) is 3.63. The molecule has 1 aromatic heterocycles. The minimum atomic E-state index is -0.223. The van der Waals surface area contributed by atoms with Crippen molar-refractivity contribution < 1.29 is 9.53 Å². The van der Waals surface area contributed by atoms with Gasteiger partial charge in [-0.1, -0.05) is 48.0 Å². The van der Waals surface area contributed by atoms with Gasteiger partial charge in [0, 0.05) is 15.8 Å². The Bertz CT molecular complexity index is 859. The standard InChI is InChI=1S/C20H19NO2S2/c1-14-8-9-18(15(2)10-14)24-13-19(22)23-11-17-12-25-20(21-17)16-6-4-3-5-7-16/h3-10,12H,11,13H2,1-2H3. The zero-order chi connectivity index (χ0) is 17.6. The van der Waals surface area contributed by atoms with Crippen LogP contribution < -0.4 is 0 Å². The average molecular weight is 370 g/mol. The van der Waals surface area contributed by atoms with Crippen molar-refractivity contribution in [1.82, 2.24) is 4.98 Å². The Labute approximate surface area is 156 Å². The molecule has 0 saturated heterocycles. The summed E-state index contributed by atoms with van der Waals surface area (Å²) in [6, 6.07) is 16.2. The van der Waals surface area contributed by atoms with Gasteiger partial charge >= 0.3 is 5.97 Å². The van der Waals surface area contributed by atoms with Crippen LogP contribution in [0.3, 0.4) is 0 Å². The molecule has 0 atom stereocenters. The molecule has 3 aromatic rings. The highest BCUT2D eigenvalue weighted by atomic mass is 32.2. The normalized spacial score (nSPS) is 10.6. The number of hydrogen-bond donors (Lipinski definition) is 0. The van der Waals surface area contributed by atoms with Gasteiger partial charge in [-0.2, -0.15) is 0 Å². The molecule has 0 bridgehead atoms. The van der Waals surface area contributed by atoms with E-state index in [0.29, 0.717) is 5.75 Å². The molecule has 5 heteroatoms. The number of rotatable bonds is 6. The zero-order valence-electron chi connectivity index (χ0n) is 14.2. The maximum Gasteiger partial charge on any atom is 0.316 e. The maximum atomic E-state index is 12.0. The van der Waals surface area contributed by atoms with Crippen LogP contribution in [-0.4, -0.2) is 16.7 Å². The second-order valence-electron chi connectivity index (χ2n) is 5.73. The molecule has 0 spiro atoms. The van der Waals surface area contributed by atoms with Crippen molar-refractivity contribution >= 4 is 29.1 Å². The molecule has 0 aliphatic rings. The molecule has 0 unspecified atom stereocenters. The summed E-state index contributed by atoms with van der Waals surface area (Å²) >= 11 is 3.07. The molecular formula is C20H19NO2S2. The highest BCUT2D eigenvalue weighted by Crippen LogP contribution is 2.25. The SMILES string of the molecule is Cc1ccc(SCC(=O)OCc2csc(-c3ccccc3)n2)c(C)c1. The van der Waals surface area contributed by atoms with Crippen LogP contribution in [0.25, 0.3) is 10.6 Å². The van der Waals surface area contributed by atoms with Gasteiger partial charge < -0.3 is 4.74 Å². The van der Waals surface area contributed by atoms with E-state index in [1.165, 1.54) is 22.9 Å². The summed E-state index contributed by atoms with van der Waals surface area (Å²) in [5.74, 6) is 0.0822. The molecule has 0 aliphatic heterocycles. The molecule has 128 valence electrons. The van der Waals surface area contributed by atoms with Crippen LogP contribution in [0.4, 0.5) is 0 Å². The minimum Gasteiger partial charge on any atom is -0.459 e. The fourth-order valence-corrected chi connectivity index (χ4v) is 4.00. The Balaban J connectivity index is 1.50. The number of hydrogen-bond acceptors (Lipinski definition) is 5. The fourth-order valence-electron chi connectivity index (χ4n) is 2.38. The van der Waals surface area contributed by atoms with Gasteiger partial charge in [-0.25, -0.2) is 4.98 Å². The Morgan fingerprint density at radius 3 is 2.72 bits per heavy atom. The number of aryl methyl sites for hydroxylation is 2. The second-order valence-corrected chi connectivity index (χ2v) is 7.60. The fraction of sp³-hybridized carbons (Fsp3) is 0.200. The topological polar surface area (TPSA) is 39.2 Å². The average Bonchev–Trinajstić information content (AvgIpc) is 3.09. The van der Waals surface area contributed by atoms with Crippen LogP contribution >= 0.6 is 23.1 Å². The van der Waals surface area contributed by atoms with Gasteiger partial charge in [0.15, 0.2) is 0 Å². The Hall–Kier alpha value is -2.11. The van der Waals surface area contributed by atoms with Gasteiger partial charge in [-0.3, -0.25) is 4.79 Å². The van der Waals surface area contributed by atoms with E-state index in [1.54, 1.807) is 11.3 Å². The number of thioether (sulfide) groups is 1. The third-order valence-corrected chi connectivity index (χ3v) is 5.72. The molecule has 25 heavy (non-hydrogen) atoms. The number of esters is 1. The molecule has 0 fully saturated rings. The van der Waals surface area contributed by atoms with Gasteiger partial charge in [-0.15, -0.1) is 23.1 Å². The van der Waals surface area contributed by atoms with E-state index < -0.39 is 0 Å². The largest absolute Gasteiger partial charge is 0.459 e. The second kappa shape index (κ2) is 8.32. The smallest absolute Gasteiger partial charge is 0.316 e. The van der Waals surface area contributed by atoms with E-state index in [1.807, 2.05) is 35.7 Å². The van der Waals surface area contributed by atoms with Crippen molar-refractivity contribution in [3.05, 3.63) is 70.7 Å². The summed E-state index contributed by atoms with van der Waals surface area (Å²) < 4.78 is 5.35. The van der Waals surface area contributed by atoms with Crippen molar-refractivity contribution in [2.75, 3.05) is 5.75 Å². The van der Waals surface area contributed by atoms with Gasteiger partial charge in [0.2, 0.25) is 0 Å². The van der Waals surface area contributed by atoms with Crippen molar-refractivity contribution in [3.8, 4) is 10.6 Å². The zero-order valence-corrected chi connectivity index (χ0v) is 15.8. The summed E-state index contributed by atoms with van der Waals surface area (Å²) in [4.78, 5) is 17.6. The van der Waals surface area contributed by atoms with E-state index in [0.717, 1.165) is 21.2 Å². The van der Waals surface area contributed by atoms with Gasteiger partial charge in [-0.05, 0) is 25.5 Å². The lowest BCUT2D eigenvalue weighted by molar-refractivity contribution is -0.141. The van der Waals surface area contributed by atoms with E-state index in [9.17, 15) is 4.79 Å². The summed E-state index contributed by atoms with van der Waals surface area (Å²) in [5, 5.41) is 2.88. The monoisotopic (exact) mass is 369 g/mol. The van der Waals surface area contributed by atoms with Gasteiger partial charge in [0.25, 0.3) is 0 Å². The highest BCUT2D eigenvalue weighted by molar-refractivity contribution is 8.00. The first-order valence-corrected chi connectivity index (χ1v) is 9.84. The lowest BCUT2D eigenvalue weighted by Crippen LogP contribution is -2.07. The molecule has 0 aliphatic carbocycles. The van der Waals surface area contributed by atoms with Crippen molar-refractivity contribution in [2.24, 2.45) is 0 Å². The lowest BCUT2D eigenvalue weighted by atomic mass is 10.2. The van der Waals surface area contributed by atoms with Crippen LogP contribution in [0.15, 0.2) is 58.8 Å². The summed E-state index contributed by atoms with van der Waals surface area (Å²) in [7, 11) is 0. The number of ether oxygens (including phenoxy) is 1. The van der Waals surface area contributed by atoms with Gasteiger partial charge in [0.1, 0.15) is 11.6 Å². The Morgan fingerprint density at radius 1 is 1.16 bits per heavy atom. The number of thiazole rings is 1. The maximum absolute atomic E-state index is 12.0. The highest BCUT2D eigenvalue weighted by Gasteiger charge is 2.09. The molecule has 0 amide bonds. The summed E-state index contributed by atoms with van der Waals surface area (Å²) in [6.07, 6.45) is 0.